The summed E-state index contributed by atoms with van der Waals surface area (Å²) in [5.41, 5.74) is 4.51. The van der Waals surface area contributed by atoms with Crippen LogP contribution in [0.25, 0.3) is 27.5 Å². The number of amides is 2. The van der Waals surface area contributed by atoms with Crippen LogP contribution < -0.4 is 14.8 Å². The highest BCUT2D eigenvalue weighted by atomic mass is 35.5. The molecule has 0 aliphatic heterocycles. The summed E-state index contributed by atoms with van der Waals surface area (Å²) in [7, 11) is 0. The number of aryl methyl sites for hydroxylation is 1. The van der Waals surface area contributed by atoms with Crippen molar-refractivity contribution in [2.45, 2.75) is 13.3 Å². The molecule has 0 radical (unpaired) electrons. The van der Waals surface area contributed by atoms with Gasteiger partial charge in [-0.3, -0.25) is 9.29 Å². The number of benzene rings is 4. The molecule has 5 aromatic rings. The third-order valence-electron chi connectivity index (χ3n) is 5.75. The molecule has 39 heavy (non-hydrogen) atoms. The number of imidazole rings is 1. The molecule has 0 atom stereocenters. The van der Waals surface area contributed by atoms with Gasteiger partial charge in [0.1, 0.15) is 12.1 Å². The molecular weight excluding hydrogens is 551 g/mol. The molecule has 198 valence electrons. The molecule has 1 heterocycles. The summed E-state index contributed by atoms with van der Waals surface area (Å²) >= 11 is 6.87. The number of rotatable bonds is 6. The fourth-order valence-electron chi connectivity index (χ4n) is 3.95. The second-order valence-corrected chi connectivity index (χ2v) is 9.45. The van der Waals surface area contributed by atoms with Crippen molar-refractivity contribution >= 4 is 63.5 Å². The summed E-state index contributed by atoms with van der Waals surface area (Å²) in [4.78, 5) is 16.7. The number of hydrogen-bond acceptors (Lipinski definition) is 5. The second-order valence-electron chi connectivity index (χ2n) is 8.41. The number of urea groups is 1. The first kappa shape index (κ1) is 26.4. The zero-order valence-electron chi connectivity index (χ0n) is 20.2. The molecule has 0 saturated carbocycles. The predicted octanol–water partition coefficient (Wildman–Crippen LogP) is 7.84. The lowest BCUT2D eigenvalue weighted by atomic mass is 10.1. The van der Waals surface area contributed by atoms with E-state index in [1.54, 1.807) is 29.2 Å². The van der Waals surface area contributed by atoms with Crippen LogP contribution in [0.5, 0.6) is 5.75 Å². The van der Waals surface area contributed by atoms with Crippen molar-refractivity contribution in [3.63, 3.8) is 0 Å². The minimum atomic E-state index is -4.74. The molecule has 4 aromatic carbocycles. The molecule has 0 spiro atoms. The maximum Gasteiger partial charge on any atom is 0.573 e. The van der Waals surface area contributed by atoms with Crippen LogP contribution in [0.1, 0.15) is 11.1 Å². The van der Waals surface area contributed by atoms with Gasteiger partial charge in [-0.25, -0.2) is 14.2 Å². The summed E-state index contributed by atoms with van der Waals surface area (Å²) < 4.78 is 49.9. The maximum atomic E-state index is 12.4. The number of fused-ring (bicyclic) bond motifs is 3. The van der Waals surface area contributed by atoms with Crippen LogP contribution in [-0.4, -0.2) is 28.2 Å². The van der Waals surface area contributed by atoms with Crippen molar-refractivity contribution in [3.8, 4) is 11.4 Å². The van der Waals surface area contributed by atoms with E-state index in [1.807, 2.05) is 43.3 Å². The Morgan fingerprint density at radius 1 is 1.08 bits per heavy atom. The Bertz CT molecular complexity index is 1700. The molecule has 2 amide bonds. The van der Waals surface area contributed by atoms with Crippen LogP contribution in [-0.2, 0) is 0 Å². The van der Waals surface area contributed by atoms with E-state index in [1.165, 1.54) is 24.3 Å². The van der Waals surface area contributed by atoms with Gasteiger partial charge in [0, 0.05) is 28.0 Å². The average molecular weight is 570 g/mol. The molecule has 1 aromatic heterocycles. The summed E-state index contributed by atoms with van der Waals surface area (Å²) in [6.45, 7) is 1.86. The van der Waals surface area contributed by atoms with Crippen molar-refractivity contribution in [2.24, 2.45) is 4.40 Å². The van der Waals surface area contributed by atoms with Gasteiger partial charge in [0.15, 0.2) is 0 Å². The molecule has 0 aliphatic rings. The van der Waals surface area contributed by atoms with Gasteiger partial charge in [-0.1, -0.05) is 35.9 Å². The summed E-state index contributed by atoms with van der Waals surface area (Å²) in [6.07, 6.45) is -1.49. The molecule has 0 unspecified atom stereocenters. The van der Waals surface area contributed by atoms with Crippen LogP contribution in [0.15, 0.2) is 83.5 Å². The second kappa shape index (κ2) is 10.9. The van der Waals surface area contributed by atoms with E-state index in [-0.39, 0.29) is 5.75 Å². The highest BCUT2D eigenvalue weighted by Gasteiger charge is 2.31. The number of ether oxygens (including phenoxy) is 1. The van der Waals surface area contributed by atoms with Gasteiger partial charge in [-0.15, -0.1) is 13.2 Å². The Labute approximate surface area is 229 Å². The van der Waals surface area contributed by atoms with E-state index in [0.717, 1.165) is 45.1 Å². The zero-order valence-corrected chi connectivity index (χ0v) is 21.7. The quantitative estimate of drug-likeness (QED) is 0.161. The average Bonchev–Trinajstić information content (AvgIpc) is 3.33. The SMILES string of the molecule is Cc1ccc(Cl)cc1NC(=O)NS/N=C/c1ccc2c(ccc3c2ncn3-c2ccc(OC(F)(F)F)cc2)c1. The van der Waals surface area contributed by atoms with E-state index < -0.39 is 12.4 Å². The molecule has 0 bridgehead atoms. The van der Waals surface area contributed by atoms with Gasteiger partial charge in [0.2, 0.25) is 0 Å². The smallest absolute Gasteiger partial charge is 0.406 e. The summed E-state index contributed by atoms with van der Waals surface area (Å²) in [5.74, 6) is -0.291. The number of aromatic nitrogens is 2. The first-order valence-electron chi connectivity index (χ1n) is 11.4. The minimum Gasteiger partial charge on any atom is -0.406 e. The third kappa shape index (κ3) is 6.27. The lowest BCUT2D eigenvalue weighted by Gasteiger charge is -2.10. The lowest BCUT2D eigenvalue weighted by Crippen LogP contribution is -2.22. The van der Waals surface area contributed by atoms with Crippen LogP contribution in [0.4, 0.5) is 23.7 Å². The topological polar surface area (TPSA) is 80.5 Å². The van der Waals surface area contributed by atoms with Crippen LogP contribution >= 0.6 is 23.7 Å². The summed E-state index contributed by atoms with van der Waals surface area (Å²) in [6, 6.07) is 20.0. The summed E-state index contributed by atoms with van der Waals surface area (Å²) in [5, 5.41) is 5.08. The number of hydrogen-bond donors (Lipinski definition) is 2. The van der Waals surface area contributed by atoms with Crippen molar-refractivity contribution in [1.29, 1.82) is 0 Å². The Morgan fingerprint density at radius 3 is 2.64 bits per heavy atom. The number of alkyl halides is 3. The molecule has 5 rings (SSSR count). The van der Waals surface area contributed by atoms with Gasteiger partial charge in [0.25, 0.3) is 0 Å². The fraction of sp³-hybridized carbons (Fsp3) is 0.0741. The number of halogens is 4. The van der Waals surface area contributed by atoms with Crippen molar-refractivity contribution in [2.75, 3.05) is 5.32 Å². The van der Waals surface area contributed by atoms with Gasteiger partial charge < -0.3 is 10.1 Å². The number of nitrogens with zero attached hydrogens (tertiary/aromatic N) is 3. The normalized spacial score (nSPS) is 11.8. The van der Waals surface area contributed by atoms with Gasteiger partial charge in [0.05, 0.1) is 23.2 Å². The van der Waals surface area contributed by atoms with E-state index in [2.05, 4.69) is 24.2 Å². The van der Waals surface area contributed by atoms with E-state index >= 15 is 0 Å². The molecule has 0 fully saturated rings. The predicted molar refractivity (Wildman–Crippen MR) is 149 cm³/mol. The monoisotopic (exact) mass is 569 g/mol. The van der Waals surface area contributed by atoms with Crippen LogP contribution in [0, 0.1) is 6.92 Å². The Hall–Kier alpha value is -4.22. The van der Waals surface area contributed by atoms with E-state index in [9.17, 15) is 18.0 Å². The van der Waals surface area contributed by atoms with E-state index in [4.69, 9.17) is 11.6 Å². The third-order valence-corrected chi connectivity index (χ3v) is 6.47. The number of carbonyl (C=O) groups excluding carboxylic acids is 1. The zero-order chi connectivity index (χ0) is 27.6. The molecular formula is C27H19ClF3N5O2S. The van der Waals surface area contributed by atoms with Crippen molar-refractivity contribution in [1.82, 2.24) is 14.3 Å². The van der Waals surface area contributed by atoms with Crippen LogP contribution in [0.2, 0.25) is 5.02 Å². The highest BCUT2D eigenvalue weighted by Crippen LogP contribution is 2.29. The Kier molecular flexibility index (Phi) is 7.36. The van der Waals surface area contributed by atoms with Gasteiger partial charge in [-0.2, -0.15) is 0 Å². The number of carbonyl (C=O) groups is 1. The van der Waals surface area contributed by atoms with E-state index in [0.29, 0.717) is 16.4 Å². The van der Waals surface area contributed by atoms with Crippen LogP contribution in [0.3, 0.4) is 0 Å². The first-order chi connectivity index (χ1) is 18.7. The number of nitrogens with one attached hydrogen (secondary N) is 2. The van der Waals surface area contributed by atoms with Crippen molar-refractivity contribution in [3.05, 3.63) is 95.3 Å². The van der Waals surface area contributed by atoms with Gasteiger partial charge in [-0.05, 0) is 72.0 Å². The Morgan fingerprint density at radius 2 is 1.87 bits per heavy atom. The standard InChI is InChI=1S/C27H19ClF3N5O2S/c1-16-2-5-19(28)13-23(16)34-26(37)35-39-33-14-17-3-10-22-18(12-17)4-11-24-25(22)32-15-36(24)20-6-8-21(9-7-20)38-27(29,30)31/h2-15H,1H3,(H2,34,35,37)/b33-14+. The molecule has 12 heteroatoms. The molecule has 7 nitrogen and oxygen atoms in total. The number of anilines is 1. The lowest BCUT2D eigenvalue weighted by molar-refractivity contribution is -0.274. The largest absolute Gasteiger partial charge is 0.573 e. The maximum absolute atomic E-state index is 12.4. The highest BCUT2D eigenvalue weighted by molar-refractivity contribution is 7.96. The molecule has 0 saturated heterocycles. The first-order valence-corrected chi connectivity index (χ1v) is 12.6. The Balaban J connectivity index is 1.27. The molecule has 2 N–H and O–H groups in total. The fourth-order valence-corrected chi connectivity index (χ4v) is 4.49. The van der Waals surface area contributed by atoms with Crippen molar-refractivity contribution < 1.29 is 22.7 Å². The van der Waals surface area contributed by atoms with Gasteiger partial charge >= 0.3 is 12.4 Å². The molecule has 0 aliphatic carbocycles. The minimum absolute atomic E-state index is 0.291.